The van der Waals surface area contributed by atoms with Crippen LogP contribution >= 0.6 is 22.6 Å². The molecule has 0 aliphatic heterocycles. The van der Waals surface area contributed by atoms with Crippen molar-refractivity contribution in [1.29, 1.82) is 0 Å². The summed E-state index contributed by atoms with van der Waals surface area (Å²) in [6, 6.07) is 6.47. The summed E-state index contributed by atoms with van der Waals surface area (Å²) < 4.78 is 1.15. The fourth-order valence-corrected chi connectivity index (χ4v) is 2.31. The van der Waals surface area contributed by atoms with Crippen LogP contribution in [0.5, 0.6) is 0 Å². The Kier molecular flexibility index (Phi) is 1.62. The van der Waals surface area contributed by atoms with Gasteiger partial charge in [-0.2, -0.15) is 5.10 Å². The first-order valence-electron chi connectivity index (χ1n) is 4.49. The van der Waals surface area contributed by atoms with E-state index in [1.165, 1.54) is 29.3 Å². The van der Waals surface area contributed by atoms with E-state index >= 15 is 0 Å². The molecular weight excluding hydrogens is 275 g/mol. The van der Waals surface area contributed by atoms with Crippen molar-refractivity contribution in [2.24, 2.45) is 0 Å². The molecule has 0 saturated heterocycles. The van der Waals surface area contributed by atoms with Gasteiger partial charge in [-0.3, -0.25) is 5.10 Å². The lowest BCUT2D eigenvalue weighted by atomic mass is 10.1. The van der Waals surface area contributed by atoms with E-state index in [2.05, 4.69) is 51.0 Å². The normalized spacial score (nSPS) is 16.7. The lowest BCUT2D eigenvalue weighted by Gasteiger charge is -1.97. The van der Waals surface area contributed by atoms with Crippen molar-refractivity contribution in [3.8, 4) is 0 Å². The molecule has 0 amide bonds. The molecule has 1 aromatic heterocycles. The summed E-state index contributed by atoms with van der Waals surface area (Å²) in [5, 5.41) is 8.65. The number of hydrogen-bond acceptors (Lipinski definition) is 1. The maximum absolute atomic E-state index is 4.35. The molecule has 0 unspecified atom stereocenters. The number of H-pyrrole nitrogens is 1. The summed E-state index contributed by atoms with van der Waals surface area (Å²) in [7, 11) is 0. The summed E-state index contributed by atoms with van der Waals surface area (Å²) in [6.07, 6.45) is 2.67. The lowest BCUT2D eigenvalue weighted by Crippen LogP contribution is -1.81. The Labute approximate surface area is 89.9 Å². The van der Waals surface area contributed by atoms with Crippen LogP contribution in [-0.4, -0.2) is 10.2 Å². The predicted molar refractivity (Wildman–Crippen MR) is 60.8 cm³/mol. The Morgan fingerprint density at radius 2 is 2.23 bits per heavy atom. The van der Waals surface area contributed by atoms with Gasteiger partial charge in [0.15, 0.2) is 0 Å². The van der Waals surface area contributed by atoms with E-state index in [1.54, 1.807) is 0 Å². The van der Waals surface area contributed by atoms with Crippen molar-refractivity contribution < 1.29 is 0 Å². The van der Waals surface area contributed by atoms with Crippen LogP contribution in [0.3, 0.4) is 0 Å². The highest BCUT2D eigenvalue weighted by molar-refractivity contribution is 14.1. The maximum Gasteiger partial charge on any atom is 0.104 e. The molecule has 1 saturated carbocycles. The molecule has 1 aliphatic rings. The molecule has 2 aromatic rings. The molecule has 3 heteroatoms. The second-order valence-electron chi connectivity index (χ2n) is 3.56. The number of aromatic amines is 1. The zero-order valence-corrected chi connectivity index (χ0v) is 9.21. The van der Waals surface area contributed by atoms with Crippen LogP contribution in [0, 0.1) is 3.70 Å². The summed E-state index contributed by atoms with van der Waals surface area (Å²) in [5.41, 5.74) is 2.60. The first-order valence-corrected chi connectivity index (χ1v) is 5.56. The number of aromatic nitrogens is 2. The standard InChI is InChI=1S/C10H9IN2/c11-10-8-3-1-2-7(6-4-5-6)9(8)12-13-10/h1-3,6H,4-5H2,(H,12,13). The van der Waals surface area contributed by atoms with E-state index in [1.807, 2.05) is 0 Å². The first kappa shape index (κ1) is 7.79. The average Bonchev–Trinajstić information content (AvgIpc) is 2.92. The Hall–Kier alpha value is -0.580. The number of fused-ring (bicyclic) bond motifs is 1. The quantitative estimate of drug-likeness (QED) is 0.801. The molecule has 0 atom stereocenters. The third-order valence-corrected chi connectivity index (χ3v) is 3.41. The highest BCUT2D eigenvalue weighted by Crippen LogP contribution is 2.42. The lowest BCUT2D eigenvalue weighted by molar-refractivity contribution is 1.07. The van der Waals surface area contributed by atoms with Gasteiger partial charge in [0, 0.05) is 5.39 Å². The average molecular weight is 284 g/mol. The summed E-state index contributed by atoms with van der Waals surface area (Å²) in [4.78, 5) is 0. The minimum absolute atomic E-state index is 0.780. The fourth-order valence-electron chi connectivity index (χ4n) is 1.75. The molecule has 13 heavy (non-hydrogen) atoms. The Balaban J connectivity index is 2.33. The Morgan fingerprint density at radius 1 is 1.38 bits per heavy atom. The van der Waals surface area contributed by atoms with Crippen LogP contribution in [0.1, 0.15) is 24.3 Å². The van der Waals surface area contributed by atoms with Gasteiger partial charge in [0.25, 0.3) is 0 Å². The fraction of sp³-hybridized carbons (Fsp3) is 0.300. The molecule has 1 aromatic carbocycles. The van der Waals surface area contributed by atoms with Gasteiger partial charge in [-0.15, -0.1) is 0 Å². The highest BCUT2D eigenvalue weighted by Gasteiger charge is 2.26. The molecular formula is C10H9IN2. The number of hydrogen-bond donors (Lipinski definition) is 1. The van der Waals surface area contributed by atoms with Gasteiger partial charge in [0.05, 0.1) is 5.52 Å². The molecule has 0 bridgehead atoms. The molecule has 1 aliphatic carbocycles. The van der Waals surface area contributed by atoms with Crippen molar-refractivity contribution in [3.05, 3.63) is 27.5 Å². The van der Waals surface area contributed by atoms with Crippen molar-refractivity contribution in [2.45, 2.75) is 18.8 Å². The van der Waals surface area contributed by atoms with Gasteiger partial charge in [-0.1, -0.05) is 18.2 Å². The second-order valence-corrected chi connectivity index (χ2v) is 4.63. The molecule has 1 heterocycles. The van der Waals surface area contributed by atoms with E-state index in [0.29, 0.717) is 0 Å². The van der Waals surface area contributed by atoms with Crippen LogP contribution in [0.25, 0.3) is 10.9 Å². The zero-order chi connectivity index (χ0) is 8.84. The summed E-state index contributed by atoms with van der Waals surface area (Å²) in [6.45, 7) is 0. The van der Waals surface area contributed by atoms with E-state index in [4.69, 9.17) is 0 Å². The smallest absolute Gasteiger partial charge is 0.104 e. The van der Waals surface area contributed by atoms with Crippen LogP contribution in [0.2, 0.25) is 0 Å². The van der Waals surface area contributed by atoms with Gasteiger partial charge in [0.1, 0.15) is 3.70 Å². The Morgan fingerprint density at radius 3 is 3.00 bits per heavy atom. The van der Waals surface area contributed by atoms with Gasteiger partial charge in [-0.25, -0.2) is 0 Å². The van der Waals surface area contributed by atoms with Crippen LogP contribution in [-0.2, 0) is 0 Å². The second kappa shape index (κ2) is 2.70. The molecule has 1 fully saturated rings. The topological polar surface area (TPSA) is 28.7 Å². The van der Waals surface area contributed by atoms with E-state index in [9.17, 15) is 0 Å². The van der Waals surface area contributed by atoms with Crippen molar-refractivity contribution in [2.75, 3.05) is 0 Å². The van der Waals surface area contributed by atoms with Crippen molar-refractivity contribution in [1.82, 2.24) is 10.2 Å². The number of halogens is 1. The van der Waals surface area contributed by atoms with Crippen molar-refractivity contribution in [3.63, 3.8) is 0 Å². The van der Waals surface area contributed by atoms with Gasteiger partial charge >= 0.3 is 0 Å². The SMILES string of the molecule is Ic1[nH]nc2c(C3CC3)cccc12. The zero-order valence-electron chi connectivity index (χ0n) is 7.05. The van der Waals surface area contributed by atoms with Crippen molar-refractivity contribution >= 4 is 33.5 Å². The molecule has 0 radical (unpaired) electrons. The highest BCUT2D eigenvalue weighted by atomic mass is 127. The molecule has 2 nitrogen and oxygen atoms in total. The largest absolute Gasteiger partial charge is 0.271 e. The van der Waals surface area contributed by atoms with Gasteiger partial charge in [-0.05, 0) is 46.9 Å². The number of rotatable bonds is 1. The Bertz CT molecular complexity index is 457. The van der Waals surface area contributed by atoms with Crippen LogP contribution in [0.4, 0.5) is 0 Å². The van der Waals surface area contributed by atoms with Crippen LogP contribution in [0.15, 0.2) is 18.2 Å². The molecule has 3 rings (SSSR count). The van der Waals surface area contributed by atoms with Gasteiger partial charge in [0.2, 0.25) is 0 Å². The van der Waals surface area contributed by atoms with Crippen LogP contribution < -0.4 is 0 Å². The monoisotopic (exact) mass is 284 g/mol. The number of benzene rings is 1. The first-order chi connectivity index (χ1) is 6.36. The minimum atomic E-state index is 0.780. The molecule has 66 valence electrons. The predicted octanol–water partition coefficient (Wildman–Crippen LogP) is 3.04. The number of nitrogens with one attached hydrogen (secondary N) is 1. The third kappa shape index (κ3) is 1.17. The molecule has 1 N–H and O–H groups in total. The van der Waals surface area contributed by atoms with E-state index in [0.717, 1.165) is 9.62 Å². The van der Waals surface area contributed by atoms with E-state index < -0.39 is 0 Å². The summed E-state index contributed by atoms with van der Waals surface area (Å²) in [5.74, 6) is 0.780. The maximum atomic E-state index is 4.35. The third-order valence-electron chi connectivity index (χ3n) is 2.59. The molecule has 0 spiro atoms. The number of para-hydroxylation sites is 1. The minimum Gasteiger partial charge on any atom is -0.271 e. The van der Waals surface area contributed by atoms with E-state index in [-0.39, 0.29) is 0 Å². The summed E-state index contributed by atoms with van der Waals surface area (Å²) >= 11 is 2.30. The number of nitrogens with zero attached hydrogens (tertiary/aromatic N) is 1. The van der Waals surface area contributed by atoms with Gasteiger partial charge < -0.3 is 0 Å².